The monoisotopic (exact) mass is 402 g/mol. The summed E-state index contributed by atoms with van der Waals surface area (Å²) >= 11 is 0. The number of hydrogen-bond donors (Lipinski definition) is 1. The van der Waals surface area contributed by atoms with Gasteiger partial charge in [0.1, 0.15) is 6.33 Å². The average molecular weight is 403 g/mol. The van der Waals surface area contributed by atoms with Gasteiger partial charge in [-0.1, -0.05) is 13.8 Å². The molecule has 6 nitrogen and oxygen atoms in total. The standard InChI is InChI=1S/C24H30N6/c1-4-8-29-9-6-18(7-10-29)23-21-12-17(5-2)20(13-22(21)27-28-23)19-11-16(3)24-25-15-26-30(24)14-19/h11-15,18H,4-10H2,1-3H3,(H,27,28). The van der Waals surface area contributed by atoms with Crippen molar-refractivity contribution in [3.05, 3.63) is 47.5 Å². The molecule has 0 radical (unpaired) electrons. The molecule has 1 saturated heterocycles. The van der Waals surface area contributed by atoms with Gasteiger partial charge >= 0.3 is 0 Å². The highest BCUT2D eigenvalue weighted by atomic mass is 15.3. The van der Waals surface area contributed by atoms with Gasteiger partial charge in [0.25, 0.3) is 0 Å². The molecule has 0 spiro atoms. The molecule has 1 aliphatic heterocycles. The third-order valence-electron chi connectivity index (χ3n) is 6.60. The number of rotatable bonds is 5. The maximum atomic E-state index is 4.71. The van der Waals surface area contributed by atoms with Crippen LogP contribution in [0, 0.1) is 6.92 Å². The van der Waals surface area contributed by atoms with Gasteiger partial charge in [-0.25, -0.2) is 9.50 Å². The molecule has 0 amide bonds. The van der Waals surface area contributed by atoms with Crippen molar-refractivity contribution < 1.29 is 0 Å². The van der Waals surface area contributed by atoms with Crippen LogP contribution in [0.4, 0.5) is 0 Å². The topological polar surface area (TPSA) is 62.1 Å². The van der Waals surface area contributed by atoms with Crippen LogP contribution in [-0.4, -0.2) is 49.3 Å². The minimum Gasteiger partial charge on any atom is -0.303 e. The SMILES string of the molecule is CCCN1CCC(c2[nH]nc3cc(-c4cc(C)c5ncnn5c4)c(CC)cc23)CC1. The number of piperidine rings is 1. The molecular formula is C24H30N6. The zero-order chi connectivity index (χ0) is 20.7. The van der Waals surface area contributed by atoms with E-state index in [2.05, 4.69) is 65.2 Å². The number of aromatic amines is 1. The summed E-state index contributed by atoms with van der Waals surface area (Å²) in [4.78, 5) is 6.94. The van der Waals surface area contributed by atoms with E-state index in [0.717, 1.165) is 23.1 Å². The number of likely N-dealkylation sites (tertiary alicyclic amines) is 1. The van der Waals surface area contributed by atoms with Gasteiger partial charge in [0, 0.05) is 28.8 Å². The van der Waals surface area contributed by atoms with Crippen LogP contribution < -0.4 is 0 Å². The van der Waals surface area contributed by atoms with Gasteiger partial charge in [-0.2, -0.15) is 10.2 Å². The molecule has 1 fully saturated rings. The highest BCUT2D eigenvalue weighted by molar-refractivity contribution is 5.88. The smallest absolute Gasteiger partial charge is 0.158 e. The Labute approximate surface area is 177 Å². The summed E-state index contributed by atoms with van der Waals surface area (Å²) in [5, 5.41) is 13.8. The van der Waals surface area contributed by atoms with E-state index in [4.69, 9.17) is 5.10 Å². The number of H-pyrrole nitrogens is 1. The zero-order valence-electron chi connectivity index (χ0n) is 18.1. The fourth-order valence-corrected chi connectivity index (χ4v) is 5.00. The predicted molar refractivity (Wildman–Crippen MR) is 121 cm³/mol. The van der Waals surface area contributed by atoms with E-state index in [1.807, 2.05) is 4.52 Å². The van der Waals surface area contributed by atoms with Gasteiger partial charge in [-0.05, 0) is 87.1 Å². The molecule has 0 atom stereocenters. The first-order valence-electron chi connectivity index (χ1n) is 11.2. The molecule has 5 rings (SSSR count). The molecule has 6 heteroatoms. The van der Waals surface area contributed by atoms with Crippen molar-refractivity contribution in [2.45, 2.75) is 52.4 Å². The van der Waals surface area contributed by atoms with Crippen molar-refractivity contribution in [3.8, 4) is 11.1 Å². The maximum Gasteiger partial charge on any atom is 0.158 e. The van der Waals surface area contributed by atoms with E-state index < -0.39 is 0 Å². The number of hydrogen-bond acceptors (Lipinski definition) is 4. The van der Waals surface area contributed by atoms with E-state index in [9.17, 15) is 0 Å². The van der Waals surface area contributed by atoms with E-state index in [1.165, 1.54) is 66.7 Å². The van der Waals surface area contributed by atoms with Crippen LogP contribution in [0.1, 0.15) is 55.8 Å². The summed E-state index contributed by atoms with van der Waals surface area (Å²) in [5.74, 6) is 0.576. The first-order chi connectivity index (χ1) is 14.7. The summed E-state index contributed by atoms with van der Waals surface area (Å²) in [6, 6.07) is 6.82. The Hall–Kier alpha value is -2.73. The largest absolute Gasteiger partial charge is 0.303 e. The minimum atomic E-state index is 0.576. The number of aryl methyl sites for hydroxylation is 2. The highest BCUT2D eigenvalue weighted by Gasteiger charge is 2.24. The van der Waals surface area contributed by atoms with Crippen molar-refractivity contribution in [2.75, 3.05) is 19.6 Å². The summed E-state index contributed by atoms with van der Waals surface area (Å²) in [6.07, 6.45) is 8.33. The number of nitrogens with one attached hydrogen (secondary N) is 1. The van der Waals surface area contributed by atoms with Crippen molar-refractivity contribution >= 4 is 16.6 Å². The van der Waals surface area contributed by atoms with Crippen LogP contribution >= 0.6 is 0 Å². The highest BCUT2D eigenvalue weighted by Crippen LogP contribution is 2.35. The van der Waals surface area contributed by atoms with E-state index in [-0.39, 0.29) is 0 Å². The van der Waals surface area contributed by atoms with E-state index in [1.54, 1.807) is 6.33 Å². The molecule has 4 aromatic rings. The summed E-state index contributed by atoms with van der Waals surface area (Å²) in [6.45, 7) is 10.2. The van der Waals surface area contributed by atoms with Crippen molar-refractivity contribution in [1.29, 1.82) is 0 Å². The molecule has 1 aromatic carbocycles. The van der Waals surface area contributed by atoms with Crippen LogP contribution in [0.15, 0.2) is 30.7 Å². The number of aromatic nitrogens is 5. The number of pyridine rings is 1. The Kier molecular flexibility index (Phi) is 5.03. The van der Waals surface area contributed by atoms with Gasteiger partial charge < -0.3 is 4.90 Å². The minimum absolute atomic E-state index is 0.576. The summed E-state index contributed by atoms with van der Waals surface area (Å²) < 4.78 is 1.87. The molecule has 0 bridgehead atoms. The molecule has 1 aliphatic rings. The number of benzene rings is 1. The Morgan fingerprint density at radius 2 is 1.97 bits per heavy atom. The van der Waals surface area contributed by atoms with Gasteiger partial charge in [0.05, 0.1) is 5.52 Å². The predicted octanol–water partition coefficient (Wildman–Crippen LogP) is 4.73. The van der Waals surface area contributed by atoms with E-state index >= 15 is 0 Å². The lowest BCUT2D eigenvalue weighted by Gasteiger charge is -2.31. The van der Waals surface area contributed by atoms with Crippen LogP contribution in [0.3, 0.4) is 0 Å². The van der Waals surface area contributed by atoms with Crippen molar-refractivity contribution in [1.82, 2.24) is 29.7 Å². The van der Waals surface area contributed by atoms with Gasteiger partial charge in [0.2, 0.25) is 0 Å². The lowest BCUT2D eigenvalue weighted by molar-refractivity contribution is 0.211. The molecule has 30 heavy (non-hydrogen) atoms. The second-order valence-corrected chi connectivity index (χ2v) is 8.57. The molecule has 1 N–H and O–H groups in total. The molecule has 0 unspecified atom stereocenters. The average Bonchev–Trinajstić information content (AvgIpc) is 3.40. The van der Waals surface area contributed by atoms with Crippen LogP contribution in [0.5, 0.6) is 0 Å². The van der Waals surface area contributed by atoms with Gasteiger partial charge in [-0.3, -0.25) is 5.10 Å². The Balaban J connectivity index is 1.53. The first kappa shape index (κ1) is 19.2. The summed E-state index contributed by atoms with van der Waals surface area (Å²) in [5.41, 5.74) is 8.19. The second-order valence-electron chi connectivity index (χ2n) is 8.57. The normalized spacial score (nSPS) is 16.1. The Morgan fingerprint density at radius 3 is 2.73 bits per heavy atom. The van der Waals surface area contributed by atoms with Gasteiger partial charge in [0.15, 0.2) is 5.65 Å². The number of fused-ring (bicyclic) bond motifs is 2. The summed E-state index contributed by atoms with van der Waals surface area (Å²) in [7, 11) is 0. The maximum absolute atomic E-state index is 4.71. The van der Waals surface area contributed by atoms with E-state index in [0.29, 0.717) is 5.92 Å². The second kappa shape index (κ2) is 7.84. The molecule has 3 aromatic heterocycles. The zero-order valence-corrected chi connectivity index (χ0v) is 18.1. The molecule has 156 valence electrons. The van der Waals surface area contributed by atoms with Crippen molar-refractivity contribution in [3.63, 3.8) is 0 Å². The molecule has 4 heterocycles. The van der Waals surface area contributed by atoms with Crippen LogP contribution in [-0.2, 0) is 6.42 Å². The Bertz CT molecular complexity index is 1180. The molecular weight excluding hydrogens is 372 g/mol. The number of nitrogens with zero attached hydrogens (tertiary/aromatic N) is 5. The third kappa shape index (κ3) is 3.29. The molecule has 0 saturated carbocycles. The molecule has 0 aliphatic carbocycles. The lowest BCUT2D eigenvalue weighted by Crippen LogP contribution is -2.33. The first-order valence-corrected chi connectivity index (χ1v) is 11.2. The Morgan fingerprint density at radius 1 is 1.13 bits per heavy atom. The third-order valence-corrected chi connectivity index (χ3v) is 6.60. The lowest BCUT2D eigenvalue weighted by atomic mass is 9.89. The quantitative estimate of drug-likeness (QED) is 0.524. The van der Waals surface area contributed by atoms with Crippen LogP contribution in [0.25, 0.3) is 27.7 Å². The van der Waals surface area contributed by atoms with Gasteiger partial charge in [-0.15, -0.1) is 0 Å². The fourth-order valence-electron chi connectivity index (χ4n) is 5.00. The van der Waals surface area contributed by atoms with Crippen LogP contribution in [0.2, 0.25) is 0 Å². The fraction of sp³-hybridized carbons (Fsp3) is 0.458. The van der Waals surface area contributed by atoms with Crippen molar-refractivity contribution in [2.24, 2.45) is 0 Å².